The summed E-state index contributed by atoms with van der Waals surface area (Å²) in [6, 6.07) is 22.6. The molecule has 0 aliphatic heterocycles. The average Bonchev–Trinajstić information content (AvgIpc) is 2.71. The summed E-state index contributed by atoms with van der Waals surface area (Å²) < 4.78 is 26.6. The summed E-state index contributed by atoms with van der Waals surface area (Å²) in [5, 5.41) is 4.61. The van der Waals surface area contributed by atoms with Crippen LogP contribution < -0.4 is 5.32 Å². The van der Waals surface area contributed by atoms with Crippen LogP contribution in [0.1, 0.15) is 12.0 Å². The number of rotatable bonds is 8. The lowest BCUT2D eigenvalue weighted by Crippen LogP contribution is -2.38. The molecule has 0 aliphatic rings. The topological polar surface area (TPSA) is 66.5 Å². The molecule has 0 saturated carbocycles. The van der Waals surface area contributed by atoms with Gasteiger partial charge >= 0.3 is 0 Å². The molecule has 3 rings (SSSR count). The number of hydrogen-bond donors (Lipinski definition) is 1. The molecule has 0 unspecified atom stereocenters. The molecule has 3 aromatic carbocycles. The molecule has 0 radical (unpaired) electrons. The van der Waals surface area contributed by atoms with Crippen molar-refractivity contribution < 1.29 is 13.2 Å². The van der Waals surface area contributed by atoms with E-state index in [1.807, 2.05) is 54.6 Å². The number of amides is 1. The third kappa shape index (κ3) is 4.97. The third-order valence-electron chi connectivity index (χ3n) is 4.60. The van der Waals surface area contributed by atoms with E-state index in [1.54, 1.807) is 18.2 Å². The number of likely N-dealkylation sites (N-methyl/N-ethyl adjacent to an activating group) is 1. The Bertz CT molecular complexity index is 1050. The number of carbonyl (C=O) groups is 1. The Balaban J connectivity index is 1.54. The van der Waals surface area contributed by atoms with Gasteiger partial charge in [-0.2, -0.15) is 4.31 Å². The van der Waals surface area contributed by atoms with E-state index >= 15 is 0 Å². The molecule has 1 N–H and O–H groups in total. The van der Waals surface area contributed by atoms with Crippen LogP contribution in [0.4, 0.5) is 0 Å². The second kappa shape index (κ2) is 8.99. The summed E-state index contributed by atoms with van der Waals surface area (Å²) >= 11 is 0. The number of fused-ring (bicyclic) bond motifs is 1. The fraction of sp³-hybridized carbons (Fsp3) is 0.227. The molecule has 1 amide bonds. The maximum atomic E-state index is 12.8. The van der Waals surface area contributed by atoms with Gasteiger partial charge in [0, 0.05) is 13.6 Å². The van der Waals surface area contributed by atoms with E-state index in [2.05, 4.69) is 5.32 Å². The first-order valence-corrected chi connectivity index (χ1v) is 10.7. The zero-order valence-corrected chi connectivity index (χ0v) is 16.7. The van der Waals surface area contributed by atoms with Gasteiger partial charge in [-0.25, -0.2) is 8.42 Å². The van der Waals surface area contributed by atoms with Crippen molar-refractivity contribution >= 4 is 26.7 Å². The largest absolute Gasteiger partial charge is 0.355 e. The highest BCUT2D eigenvalue weighted by atomic mass is 32.2. The van der Waals surface area contributed by atoms with Gasteiger partial charge < -0.3 is 5.32 Å². The molecule has 28 heavy (non-hydrogen) atoms. The fourth-order valence-corrected chi connectivity index (χ4v) is 4.18. The Morgan fingerprint density at radius 3 is 2.36 bits per heavy atom. The van der Waals surface area contributed by atoms with Crippen molar-refractivity contribution in [2.75, 3.05) is 20.1 Å². The van der Waals surface area contributed by atoms with E-state index in [-0.39, 0.29) is 17.3 Å². The van der Waals surface area contributed by atoms with Gasteiger partial charge in [-0.05, 0) is 41.3 Å². The smallest absolute Gasteiger partial charge is 0.243 e. The maximum Gasteiger partial charge on any atom is 0.243 e. The molecule has 0 heterocycles. The van der Waals surface area contributed by atoms with E-state index in [1.165, 1.54) is 12.6 Å². The monoisotopic (exact) mass is 396 g/mol. The lowest BCUT2D eigenvalue weighted by molar-refractivity contribution is -0.121. The molecule has 0 spiro atoms. The van der Waals surface area contributed by atoms with Crippen LogP contribution in [0.3, 0.4) is 0 Å². The van der Waals surface area contributed by atoms with Crippen LogP contribution in [0.2, 0.25) is 0 Å². The van der Waals surface area contributed by atoms with E-state index < -0.39 is 10.0 Å². The minimum Gasteiger partial charge on any atom is -0.355 e. The van der Waals surface area contributed by atoms with E-state index in [0.717, 1.165) is 27.9 Å². The molecule has 0 bridgehead atoms. The standard InChI is InChI=1S/C22H24N2O3S/c1-24(17-22(25)23-15-7-10-18-8-3-2-4-9-18)28(26,27)21-14-13-19-11-5-6-12-20(19)16-21/h2-6,8-9,11-14,16H,7,10,15,17H2,1H3,(H,23,25). The minimum absolute atomic E-state index is 0.186. The highest BCUT2D eigenvalue weighted by molar-refractivity contribution is 7.89. The quantitative estimate of drug-likeness (QED) is 0.595. The van der Waals surface area contributed by atoms with Crippen LogP contribution in [0, 0.1) is 0 Å². The highest BCUT2D eigenvalue weighted by Crippen LogP contribution is 2.21. The molecule has 0 aromatic heterocycles. The Kier molecular flexibility index (Phi) is 6.44. The second-order valence-corrected chi connectivity index (χ2v) is 8.75. The summed E-state index contributed by atoms with van der Waals surface area (Å²) in [4.78, 5) is 12.3. The third-order valence-corrected chi connectivity index (χ3v) is 6.40. The zero-order chi connectivity index (χ0) is 20.0. The number of aryl methyl sites for hydroxylation is 1. The molecule has 146 valence electrons. The number of nitrogens with zero attached hydrogens (tertiary/aromatic N) is 1. The first-order chi connectivity index (χ1) is 13.5. The summed E-state index contributed by atoms with van der Waals surface area (Å²) in [5.41, 5.74) is 1.22. The van der Waals surface area contributed by atoms with Crippen LogP contribution >= 0.6 is 0 Å². The molecule has 5 nitrogen and oxygen atoms in total. The van der Waals surface area contributed by atoms with Crippen molar-refractivity contribution in [2.45, 2.75) is 17.7 Å². The Morgan fingerprint density at radius 2 is 1.61 bits per heavy atom. The average molecular weight is 397 g/mol. The second-order valence-electron chi connectivity index (χ2n) is 6.71. The van der Waals surface area contributed by atoms with E-state index in [0.29, 0.717) is 6.54 Å². The van der Waals surface area contributed by atoms with Gasteiger partial charge in [0.05, 0.1) is 11.4 Å². The van der Waals surface area contributed by atoms with Crippen molar-refractivity contribution in [3.8, 4) is 0 Å². The summed E-state index contributed by atoms with van der Waals surface area (Å²) in [5.74, 6) is -0.306. The molecule has 0 atom stereocenters. The van der Waals surface area contributed by atoms with Gasteiger partial charge in [-0.1, -0.05) is 60.7 Å². The molecular formula is C22H24N2O3S. The first kappa shape index (κ1) is 20.0. The van der Waals surface area contributed by atoms with E-state index in [9.17, 15) is 13.2 Å². The molecule has 0 fully saturated rings. The lowest BCUT2D eigenvalue weighted by Gasteiger charge is -2.17. The van der Waals surface area contributed by atoms with Gasteiger partial charge in [0.2, 0.25) is 15.9 Å². The summed E-state index contributed by atoms with van der Waals surface area (Å²) in [6.07, 6.45) is 1.67. The van der Waals surface area contributed by atoms with Gasteiger partial charge in [0.1, 0.15) is 0 Å². The van der Waals surface area contributed by atoms with Gasteiger partial charge in [0.15, 0.2) is 0 Å². The van der Waals surface area contributed by atoms with Crippen LogP contribution in [-0.4, -0.2) is 38.8 Å². The molecule has 6 heteroatoms. The minimum atomic E-state index is -3.73. The van der Waals surface area contributed by atoms with E-state index in [4.69, 9.17) is 0 Å². The SMILES string of the molecule is CN(CC(=O)NCCCc1ccccc1)S(=O)(=O)c1ccc2ccccc2c1. The lowest BCUT2D eigenvalue weighted by atomic mass is 10.1. The number of benzene rings is 3. The Hall–Kier alpha value is -2.70. The van der Waals surface area contributed by atoms with Crippen LogP contribution in [0.15, 0.2) is 77.7 Å². The zero-order valence-electron chi connectivity index (χ0n) is 15.8. The maximum absolute atomic E-state index is 12.8. The van der Waals surface area contributed by atoms with Crippen molar-refractivity contribution in [2.24, 2.45) is 0 Å². The predicted octanol–water partition coefficient (Wildman–Crippen LogP) is 3.21. The fourth-order valence-electron chi connectivity index (χ4n) is 3.02. The molecular weight excluding hydrogens is 372 g/mol. The van der Waals surface area contributed by atoms with Crippen LogP contribution in [-0.2, 0) is 21.2 Å². The van der Waals surface area contributed by atoms with Crippen molar-refractivity contribution in [1.29, 1.82) is 0 Å². The van der Waals surface area contributed by atoms with Gasteiger partial charge in [-0.15, -0.1) is 0 Å². The normalized spacial score (nSPS) is 11.6. The Morgan fingerprint density at radius 1 is 0.929 bits per heavy atom. The molecule has 3 aromatic rings. The predicted molar refractivity (Wildman–Crippen MR) is 112 cm³/mol. The number of carbonyl (C=O) groups excluding carboxylic acids is 1. The number of nitrogens with one attached hydrogen (secondary N) is 1. The van der Waals surface area contributed by atoms with Gasteiger partial charge in [-0.3, -0.25) is 4.79 Å². The summed E-state index contributed by atoms with van der Waals surface area (Å²) in [7, 11) is -2.30. The van der Waals surface area contributed by atoms with Crippen molar-refractivity contribution in [3.63, 3.8) is 0 Å². The van der Waals surface area contributed by atoms with Gasteiger partial charge in [0.25, 0.3) is 0 Å². The van der Waals surface area contributed by atoms with Crippen molar-refractivity contribution in [1.82, 2.24) is 9.62 Å². The van der Waals surface area contributed by atoms with Crippen molar-refractivity contribution in [3.05, 3.63) is 78.4 Å². The van der Waals surface area contributed by atoms with Crippen LogP contribution in [0.25, 0.3) is 10.8 Å². The molecule has 0 saturated heterocycles. The highest BCUT2D eigenvalue weighted by Gasteiger charge is 2.23. The number of sulfonamides is 1. The molecule has 0 aliphatic carbocycles. The summed E-state index contributed by atoms with van der Waals surface area (Å²) in [6.45, 7) is 0.304. The van der Waals surface area contributed by atoms with Crippen LogP contribution in [0.5, 0.6) is 0 Å². The number of hydrogen-bond acceptors (Lipinski definition) is 3. The first-order valence-electron chi connectivity index (χ1n) is 9.22. The Labute approximate surface area is 166 Å².